The van der Waals surface area contributed by atoms with Crippen molar-refractivity contribution in [2.45, 2.75) is 19.3 Å². The van der Waals surface area contributed by atoms with Crippen LogP contribution in [-0.4, -0.2) is 26.3 Å². The molecular formula is C15H20O3. The van der Waals surface area contributed by atoms with E-state index in [1.165, 1.54) is 5.56 Å². The lowest BCUT2D eigenvalue weighted by Crippen LogP contribution is -1.98. The Hall–Kier alpha value is -1.45. The van der Waals surface area contributed by atoms with Crippen LogP contribution in [0.25, 0.3) is 0 Å². The van der Waals surface area contributed by atoms with Gasteiger partial charge in [0.2, 0.25) is 0 Å². The third-order valence-electron chi connectivity index (χ3n) is 2.44. The molecule has 3 nitrogen and oxygen atoms in total. The normalized spacial score (nSPS) is 10.9. The van der Waals surface area contributed by atoms with Crippen LogP contribution in [0.5, 0.6) is 0 Å². The van der Waals surface area contributed by atoms with Gasteiger partial charge in [0, 0.05) is 13.5 Å². The second-order valence-corrected chi connectivity index (χ2v) is 3.96. The van der Waals surface area contributed by atoms with Crippen molar-refractivity contribution in [1.82, 2.24) is 0 Å². The first kappa shape index (κ1) is 14.6. The highest BCUT2D eigenvalue weighted by Crippen LogP contribution is 2.03. The van der Waals surface area contributed by atoms with Crippen molar-refractivity contribution < 1.29 is 14.3 Å². The molecular weight excluding hydrogens is 228 g/mol. The quantitative estimate of drug-likeness (QED) is 0.383. The highest BCUT2D eigenvalue weighted by atomic mass is 16.7. The summed E-state index contributed by atoms with van der Waals surface area (Å²) < 4.78 is 9.85. The van der Waals surface area contributed by atoms with Crippen molar-refractivity contribution in [2.75, 3.05) is 20.5 Å². The van der Waals surface area contributed by atoms with Crippen molar-refractivity contribution >= 4 is 5.78 Å². The first-order valence-electron chi connectivity index (χ1n) is 6.13. The summed E-state index contributed by atoms with van der Waals surface area (Å²) in [5.41, 5.74) is 1.20. The Balaban J connectivity index is 2.12. The highest BCUT2D eigenvalue weighted by molar-refractivity contribution is 5.89. The first-order valence-corrected chi connectivity index (χ1v) is 6.13. The maximum Gasteiger partial charge on any atom is 0.155 e. The molecule has 1 rings (SSSR count). The number of allylic oxidation sites excluding steroid dienone is 1. The summed E-state index contributed by atoms with van der Waals surface area (Å²) in [7, 11) is 1.59. The molecule has 18 heavy (non-hydrogen) atoms. The highest BCUT2D eigenvalue weighted by Gasteiger charge is 1.97. The molecule has 0 heterocycles. The van der Waals surface area contributed by atoms with E-state index in [1.54, 1.807) is 13.2 Å². The summed E-state index contributed by atoms with van der Waals surface area (Å²) in [6.45, 7) is 0.881. The average Bonchev–Trinajstić information content (AvgIpc) is 2.41. The van der Waals surface area contributed by atoms with Gasteiger partial charge in [-0.05, 0) is 24.5 Å². The molecule has 0 aliphatic heterocycles. The molecule has 1 aromatic rings. The van der Waals surface area contributed by atoms with Crippen LogP contribution in [0, 0.1) is 0 Å². The molecule has 0 saturated heterocycles. The Morgan fingerprint density at radius 2 is 2.06 bits per heavy atom. The number of aryl methyl sites for hydroxylation is 1. The maximum absolute atomic E-state index is 11.6. The second kappa shape index (κ2) is 9.57. The number of rotatable bonds is 9. The van der Waals surface area contributed by atoms with Gasteiger partial charge < -0.3 is 9.47 Å². The van der Waals surface area contributed by atoms with Crippen LogP contribution in [-0.2, 0) is 20.7 Å². The number of carbonyl (C=O) groups is 1. The summed E-state index contributed by atoms with van der Waals surface area (Å²) in [6, 6.07) is 10.0. The smallest absolute Gasteiger partial charge is 0.155 e. The number of carbonyl (C=O) groups excluding carboxylic acids is 1. The lowest BCUT2D eigenvalue weighted by Gasteiger charge is -1.99. The van der Waals surface area contributed by atoms with Gasteiger partial charge in [0.15, 0.2) is 5.78 Å². The van der Waals surface area contributed by atoms with Gasteiger partial charge >= 0.3 is 0 Å². The molecule has 0 saturated carbocycles. The molecule has 0 aliphatic rings. The Morgan fingerprint density at radius 1 is 1.28 bits per heavy atom. The summed E-state index contributed by atoms with van der Waals surface area (Å²) in [5, 5.41) is 0. The van der Waals surface area contributed by atoms with Gasteiger partial charge in [-0.15, -0.1) is 0 Å². The molecule has 0 bridgehead atoms. The van der Waals surface area contributed by atoms with Gasteiger partial charge in [0.1, 0.15) is 6.79 Å². The van der Waals surface area contributed by atoms with Gasteiger partial charge in [-0.2, -0.15) is 0 Å². The number of methoxy groups -OCH3 is 1. The van der Waals surface area contributed by atoms with Crippen LogP contribution < -0.4 is 0 Å². The van der Waals surface area contributed by atoms with E-state index in [0.29, 0.717) is 19.8 Å². The maximum atomic E-state index is 11.6. The molecule has 0 spiro atoms. The molecule has 1 aromatic carbocycles. The molecule has 0 unspecified atom stereocenters. The summed E-state index contributed by atoms with van der Waals surface area (Å²) in [5.74, 6) is 0.158. The fourth-order valence-electron chi connectivity index (χ4n) is 1.50. The largest absolute Gasteiger partial charge is 0.359 e. The van der Waals surface area contributed by atoms with Crippen molar-refractivity contribution in [3.8, 4) is 0 Å². The number of benzene rings is 1. The van der Waals surface area contributed by atoms with E-state index in [0.717, 1.165) is 12.8 Å². The molecule has 3 heteroatoms. The summed E-state index contributed by atoms with van der Waals surface area (Å²) in [6.07, 6.45) is 5.58. The number of hydrogen-bond donors (Lipinski definition) is 0. The van der Waals surface area contributed by atoms with Crippen LogP contribution in [0.2, 0.25) is 0 Å². The van der Waals surface area contributed by atoms with Crippen molar-refractivity contribution in [3.63, 3.8) is 0 Å². The van der Waals surface area contributed by atoms with Crippen LogP contribution >= 0.6 is 0 Å². The van der Waals surface area contributed by atoms with Crippen LogP contribution in [0.4, 0.5) is 0 Å². The Kier molecular flexibility index (Phi) is 7.77. The van der Waals surface area contributed by atoms with E-state index in [1.807, 2.05) is 36.4 Å². The Bertz CT molecular complexity index is 357. The zero-order valence-corrected chi connectivity index (χ0v) is 10.8. The molecule has 0 aromatic heterocycles. The Morgan fingerprint density at radius 3 is 2.78 bits per heavy atom. The second-order valence-electron chi connectivity index (χ2n) is 3.96. The Labute approximate surface area is 108 Å². The van der Waals surface area contributed by atoms with E-state index in [4.69, 9.17) is 9.47 Å². The van der Waals surface area contributed by atoms with E-state index in [9.17, 15) is 4.79 Å². The fraction of sp³-hybridized carbons (Fsp3) is 0.400. The van der Waals surface area contributed by atoms with Crippen molar-refractivity contribution in [3.05, 3.63) is 48.0 Å². The van der Waals surface area contributed by atoms with Gasteiger partial charge in [-0.3, -0.25) is 4.79 Å². The van der Waals surface area contributed by atoms with Crippen LogP contribution in [0.3, 0.4) is 0 Å². The minimum Gasteiger partial charge on any atom is -0.359 e. The third kappa shape index (κ3) is 6.99. The predicted molar refractivity (Wildman–Crippen MR) is 71.4 cm³/mol. The zero-order chi connectivity index (χ0) is 13.1. The van der Waals surface area contributed by atoms with E-state index in [-0.39, 0.29) is 5.78 Å². The molecule has 0 fully saturated rings. The molecule has 0 atom stereocenters. The molecule has 0 radical (unpaired) electrons. The lowest BCUT2D eigenvalue weighted by atomic mass is 10.1. The number of hydrogen-bond acceptors (Lipinski definition) is 3. The van der Waals surface area contributed by atoms with Crippen molar-refractivity contribution in [2.24, 2.45) is 0 Å². The topological polar surface area (TPSA) is 35.5 Å². The standard InChI is InChI=1S/C15H20O3/c1-17-13-18-12-6-5-9-15(16)11-10-14-7-3-2-4-8-14/h2-5,7-9H,6,10-13H2,1H3/b9-5+. The zero-order valence-electron chi connectivity index (χ0n) is 10.8. The molecule has 0 amide bonds. The number of ketones is 1. The van der Waals surface area contributed by atoms with Gasteiger partial charge in [0.25, 0.3) is 0 Å². The van der Waals surface area contributed by atoms with Crippen LogP contribution in [0.1, 0.15) is 18.4 Å². The third-order valence-corrected chi connectivity index (χ3v) is 2.44. The summed E-state index contributed by atoms with van der Waals surface area (Å²) >= 11 is 0. The minimum atomic E-state index is 0.158. The van der Waals surface area contributed by atoms with E-state index >= 15 is 0 Å². The number of ether oxygens (including phenoxy) is 2. The van der Waals surface area contributed by atoms with Crippen LogP contribution in [0.15, 0.2) is 42.5 Å². The first-order chi connectivity index (χ1) is 8.83. The molecule has 98 valence electrons. The molecule has 0 aliphatic carbocycles. The van der Waals surface area contributed by atoms with E-state index < -0.39 is 0 Å². The van der Waals surface area contributed by atoms with Gasteiger partial charge in [0.05, 0.1) is 6.61 Å². The fourth-order valence-corrected chi connectivity index (χ4v) is 1.50. The SMILES string of the molecule is COCOCC/C=C/C(=O)CCc1ccccc1. The average molecular weight is 248 g/mol. The minimum absolute atomic E-state index is 0.158. The lowest BCUT2D eigenvalue weighted by molar-refractivity contribution is -0.114. The van der Waals surface area contributed by atoms with E-state index in [2.05, 4.69) is 0 Å². The van der Waals surface area contributed by atoms with Gasteiger partial charge in [-0.1, -0.05) is 36.4 Å². The van der Waals surface area contributed by atoms with Gasteiger partial charge in [-0.25, -0.2) is 0 Å². The predicted octanol–water partition coefficient (Wildman–Crippen LogP) is 2.76. The monoisotopic (exact) mass is 248 g/mol. The molecule has 0 N–H and O–H groups in total. The summed E-state index contributed by atoms with van der Waals surface area (Å²) in [4.78, 5) is 11.6. The van der Waals surface area contributed by atoms with Crippen molar-refractivity contribution in [1.29, 1.82) is 0 Å².